The molecule has 1 aromatic heterocycles. The third-order valence-corrected chi connectivity index (χ3v) is 2.69. The molecule has 1 aromatic carbocycles. The minimum Gasteiger partial charge on any atom is -0.385 e. The minimum atomic E-state index is -0.457. The smallest absolute Gasteiger partial charge is 0.256 e. The molecule has 2 rings (SSSR count). The summed E-state index contributed by atoms with van der Waals surface area (Å²) >= 11 is 0. The van der Waals surface area contributed by atoms with E-state index in [-0.39, 0.29) is 23.7 Å². The molecule has 0 saturated carbocycles. The van der Waals surface area contributed by atoms with E-state index in [2.05, 4.69) is 20.5 Å². The molecule has 0 aliphatic carbocycles. The van der Waals surface area contributed by atoms with Crippen molar-refractivity contribution in [1.82, 2.24) is 20.1 Å². The molecule has 0 aliphatic rings. The highest BCUT2D eigenvalue weighted by Gasteiger charge is 2.18. The molecule has 2 N–H and O–H groups in total. The van der Waals surface area contributed by atoms with Gasteiger partial charge in [-0.1, -0.05) is 6.07 Å². The molecule has 0 bridgehead atoms. The van der Waals surface area contributed by atoms with Crippen LogP contribution in [0.15, 0.2) is 24.5 Å². The molecule has 1 amide bonds. The Morgan fingerprint density at radius 2 is 2.32 bits per heavy atom. The van der Waals surface area contributed by atoms with Gasteiger partial charge in [0.25, 0.3) is 5.91 Å². The van der Waals surface area contributed by atoms with Crippen molar-refractivity contribution in [2.45, 2.75) is 6.54 Å². The number of nitrogens with zero attached hydrogens (tertiary/aromatic N) is 3. The van der Waals surface area contributed by atoms with Crippen LogP contribution in [0.25, 0.3) is 0 Å². The van der Waals surface area contributed by atoms with Crippen molar-refractivity contribution >= 4 is 11.6 Å². The molecule has 19 heavy (non-hydrogen) atoms. The normalized spacial score (nSPS) is 10.3. The monoisotopic (exact) mass is 263 g/mol. The van der Waals surface area contributed by atoms with Gasteiger partial charge in [-0.05, 0) is 12.1 Å². The molecule has 0 saturated heterocycles. The maximum Gasteiger partial charge on any atom is 0.256 e. The highest BCUT2D eigenvalue weighted by atomic mass is 19.1. The van der Waals surface area contributed by atoms with Crippen LogP contribution in [0.4, 0.5) is 10.1 Å². The number of para-hydroxylation sites is 1. The van der Waals surface area contributed by atoms with Crippen LogP contribution < -0.4 is 5.32 Å². The maximum absolute atomic E-state index is 13.6. The molecular formula is C12H14FN5O. The molecule has 6 nitrogen and oxygen atoms in total. The number of aromatic amines is 1. The Kier molecular flexibility index (Phi) is 3.74. The zero-order valence-corrected chi connectivity index (χ0v) is 10.6. The Balaban J connectivity index is 2.22. The lowest BCUT2D eigenvalue weighted by Gasteiger charge is -2.18. The lowest BCUT2D eigenvalue weighted by atomic mass is 10.1. The van der Waals surface area contributed by atoms with E-state index in [0.717, 1.165) is 0 Å². The number of benzene rings is 1. The predicted octanol–water partition coefficient (Wildman–Crippen LogP) is 1.26. The Morgan fingerprint density at radius 3 is 2.95 bits per heavy atom. The fourth-order valence-electron chi connectivity index (χ4n) is 1.77. The van der Waals surface area contributed by atoms with Crippen LogP contribution >= 0.6 is 0 Å². The summed E-state index contributed by atoms with van der Waals surface area (Å²) in [6.45, 7) is 0.276. The third-order valence-electron chi connectivity index (χ3n) is 2.69. The average molecular weight is 263 g/mol. The fourth-order valence-corrected chi connectivity index (χ4v) is 1.77. The van der Waals surface area contributed by atoms with Crippen LogP contribution in [0, 0.1) is 5.82 Å². The summed E-state index contributed by atoms with van der Waals surface area (Å²) in [7, 11) is 3.20. The number of anilines is 1. The van der Waals surface area contributed by atoms with Gasteiger partial charge in [-0.3, -0.25) is 9.89 Å². The number of hydrogen-bond acceptors (Lipinski definition) is 4. The van der Waals surface area contributed by atoms with Crippen LogP contribution in [0.3, 0.4) is 0 Å². The number of aromatic nitrogens is 3. The molecule has 100 valence electrons. The van der Waals surface area contributed by atoms with Gasteiger partial charge < -0.3 is 10.2 Å². The third kappa shape index (κ3) is 2.70. The minimum absolute atomic E-state index is 0.192. The van der Waals surface area contributed by atoms with Crippen molar-refractivity contribution in [3.05, 3.63) is 41.7 Å². The van der Waals surface area contributed by atoms with E-state index in [4.69, 9.17) is 0 Å². The SMILES string of the molecule is CNc1c(F)cccc1C(=O)N(C)Cc1ncn[nH]1. The van der Waals surface area contributed by atoms with Crippen LogP contribution in [0.1, 0.15) is 16.2 Å². The van der Waals surface area contributed by atoms with Gasteiger partial charge in [-0.2, -0.15) is 5.10 Å². The molecular weight excluding hydrogens is 249 g/mol. The van der Waals surface area contributed by atoms with Crippen LogP contribution in [-0.4, -0.2) is 40.1 Å². The summed E-state index contributed by atoms with van der Waals surface area (Å²) in [6, 6.07) is 4.39. The van der Waals surface area contributed by atoms with Crippen molar-refractivity contribution in [2.75, 3.05) is 19.4 Å². The zero-order chi connectivity index (χ0) is 13.8. The second-order valence-corrected chi connectivity index (χ2v) is 4.01. The van der Waals surface area contributed by atoms with E-state index >= 15 is 0 Å². The summed E-state index contributed by atoms with van der Waals surface area (Å²) in [5.74, 6) is -0.181. The Bertz CT molecular complexity index is 570. The summed E-state index contributed by atoms with van der Waals surface area (Å²) in [4.78, 5) is 17.6. The van der Waals surface area contributed by atoms with E-state index in [1.165, 1.54) is 23.4 Å². The first-order valence-electron chi connectivity index (χ1n) is 5.69. The van der Waals surface area contributed by atoms with Gasteiger partial charge >= 0.3 is 0 Å². The van der Waals surface area contributed by atoms with E-state index < -0.39 is 5.82 Å². The Hall–Kier alpha value is -2.44. The second kappa shape index (κ2) is 5.47. The fraction of sp³-hybridized carbons (Fsp3) is 0.250. The van der Waals surface area contributed by atoms with E-state index in [9.17, 15) is 9.18 Å². The lowest BCUT2D eigenvalue weighted by Crippen LogP contribution is -2.27. The van der Waals surface area contributed by atoms with Crippen molar-refractivity contribution in [1.29, 1.82) is 0 Å². The summed E-state index contributed by atoms with van der Waals surface area (Å²) in [6.07, 6.45) is 1.37. The molecule has 0 radical (unpaired) electrons. The van der Waals surface area contributed by atoms with Crippen molar-refractivity contribution < 1.29 is 9.18 Å². The first kappa shape index (κ1) is 13.0. The van der Waals surface area contributed by atoms with Gasteiger partial charge in [0, 0.05) is 14.1 Å². The highest BCUT2D eigenvalue weighted by molar-refractivity contribution is 5.99. The lowest BCUT2D eigenvalue weighted by molar-refractivity contribution is 0.0782. The molecule has 0 aliphatic heterocycles. The summed E-state index contributed by atoms with van der Waals surface area (Å²) < 4.78 is 13.6. The zero-order valence-electron chi connectivity index (χ0n) is 10.6. The number of nitrogens with one attached hydrogen (secondary N) is 2. The van der Waals surface area contributed by atoms with Crippen LogP contribution in [0.2, 0.25) is 0 Å². The first-order chi connectivity index (χ1) is 9.13. The topological polar surface area (TPSA) is 73.9 Å². The van der Waals surface area contributed by atoms with Crippen molar-refractivity contribution in [2.24, 2.45) is 0 Å². The van der Waals surface area contributed by atoms with E-state index in [0.29, 0.717) is 5.82 Å². The van der Waals surface area contributed by atoms with Crippen molar-refractivity contribution in [3.63, 3.8) is 0 Å². The van der Waals surface area contributed by atoms with Crippen LogP contribution in [-0.2, 0) is 6.54 Å². The number of amides is 1. The number of hydrogen-bond donors (Lipinski definition) is 2. The second-order valence-electron chi connectivity index (χ2n) is 4.01. The number of carbonyl (C=O) groups excluding carboxylic acids is 1. The first-order valence-corrected chi connectivity index (χ1v) is 5.69. The number of halogens is 1. The number of rotatable bonds is 4. The molecule has 0 unspecified atom stereocenters. The standard InChI is InChI=1S/C12H14FN5O/c1-14-11-8(4-3-5-9(11)13)12(19)18(2)6-10-15-7-16-17-10/h3-5,7,14H,6H2,1-2H3,(H,15,16,17). The summed E-state index contributed by atoms with van der Waals surface area (Å²) in [5, 5.41) is 9.08. The maximum atomic E-state index is 13.6. The largest absolute Gasteiger partial charge is 0.385 e. The van der Waals surface area contributed by atoms with Gasteiger partial charge in [0.15, 0.2) is 0 Å². The van der Waals surface area contributed by atoms with E-state index in [1.54, 1.807) is 20.2 Å². The average Bonchev–Trinajstić information content (AvgIpc) is 2.90. The van der Waals surface area contributed by atoms with Gasteiger partial charge in [0.05, 0.1) is 17.8 Å². The molecule has 2 aromatic rings. The molecule has 0 fully saturated rings. The predicted molar refractivity (Wildman–Crippen MR) is 68.1 cm³/mol. The Morgan fingerprint density at radius 1 is 1.53 bits per heavy atom. The van der Waals surface area contributed by atoms with Gasteiger partial charge in [0.2, 0.25) is 0 Å². The van der Waals surface area contributed by atoms with Crippen LogP contribution in [0.5, 0.6) is 0 Å². The molecule has 7 heteroatoms. The van der Waals surface area contributed by atoms with Gasteiger partial charge in [0.1, 0.15) is 18.0 Å². The summed E-state index contributed by atoms with van der Waals surface area (Å²) in [5.41, 5.74) is 0.474. The number of carbonyl (C=O) groups is 1. The molecule has 0 spiro atoms. The van der Waals surface area contributed by atoms with E-state index in [1.807, 2.05) is 0 Å². The quantitative estimate of drug-likeness (QED) is 0.871. The molecule has 0 atom stereocenters. The highest BCUT2D eigenvalue weighted by Crippen LogP contribution is 2.20. The molecule has 1 heterocycles. The van der Waals surface area contributed by atoms with Gasteiger partial charge in [-0.25, -0.2) is 9.37 Å². The Labute approximate surface area is 109 Å². The number of H-pyrrole nitrogens is 1. The van der Waals surface area contributed by atoms with Gasteiger partial charge in [-0.15, -0.1) is 0 Å². The van der Waals surface area contributed by atoms with Crippen molar-refractivity contribution in [3.8, 4) is 0 Å².